The van der Waals surface area contributed by atoms with E-state index in [1.165, 1.54) is 36.3 Å². The van der Waals surface area contributed by atoms with Crippen molar-refractivity contribution in [3.63, 3.8) is 0 Å². The minimum absolute atomic E-state index is 0.0954. The van der Waals surface area contributed by atoms with Gasteiger partial charge >= 0.3 is 12.1 Å². The molecule has 288 valence electrons. The van der Waals surface area contributed by atoms with Crippen LogP contribution in [0.25, 0.3) is 6.08 Å². The number of hydrogen-bond donors (Lipinski definition) is 3. The Morgan fingerprint density at radius 3 is 2.31 bits per heavy atom. The number of methoxy groups -OCH3 is 1. The van der Waals surface area contributed by atoms with Gasteiger partial charge in [0.1, 0.15) is 16.3 Å². The molecule has 0 aliphatic carbocycles. The second kappa shape index (κ2) is 18.2. The molecule has 55 heavy (non-hydrogen) atoms. The van der Waals surface area contributed by atoms with Crippen LogP contribution < -0.4 is 16.0 Å². The molecule has 4 aromatic rings. The van der Waals surface area contributed by atoms with Crippen molar-refractivity contribution in [1.82, 2.24) is 10.2 Å². The third kappa shape index (κ3) is 10.7. The number of nitrogens with zero attached hydrogens (tertiary/aromatic N) is 1. The van der Waals surface area contributed by atoms with E-state index in [1.54, 1.807) is 92.4 Å². The Labute approximate surface area is 337 Å². The average molecular weight is 824 g/mol. The highest BCUT2D eigenvalue weighted by Crippen LogP contribution is 2.39. The summed E-state index contributed by atoms with van der Waals surface area (Å²) in [5.41, 5.74) is 1.37. The molecule has 2 heterocycles. The molecule has 4 amide bonds. The molecule has 11 nitrogen and oxygen atoms in total. The largest absolute Gasteiger partial charge is 0.465 e. The second-order valence-corrected chi connectivity index (χ2v) is 16.5. The molecular weight excluding hydrogens is 784 g/mol. The zero-order valence-electron chi connectivity index (χ0n) is 30.8. The number of esters is 1. The quantitative estimate of drug-likeness (QED) is 0.0773. The van der Waals surface area contributed by atoms with Crippen LogP contribution in [0.4, 0.5) is 15.5 Å². The van der Waals surface area contributed by atoms with Gasteiger partial charge in [-0.15, -0.1) is 23.1 Å². The maximum atomic E-state index is 13.8. The van der Waals surface area contributed by atoms with Crippen molar-refractivity contribution in [2.45, 2.75) is 62.8 Å². The van der Waals surface area contributed by atoms with E-state index < -0.39 is 34.7 Å². The minimum Gasteiger partial charge on any atom is -0.465 e. The molecule has 0 radical (unpaired) electrons. The smallest absolute Gasteiger partial charge is 0.410 e. The molecule has 0 saturated carbocycles. The summed E-state index contributed by atoms with van der Waals surface area (Å²) in [4.78, 5) is 69.4. The first-order valence-electron chi connectivity index (χ1n) is 17.3. The molecule has 5 rings (SSSR count). The minimum atomic E-state index is -0.660. The standard InChI is InChI=1S/C40H40Cl2N4O7S2/c1-6-31(36(49)45-37-33(38(50)52-5)26-18-19-46(22-32(26)55-37)39(51)53-40(2,3)4)54-25-15-10-14-24(20-25)43-35(48)30(21-27-28(41)16-11-17-29(27)42)44-34(47)23-12-8-7-9-13-23/h7-17,20-21,31H,6,18-19,22H2,1-5H3,(H,43,48)(H,44,47)(H,45,49)/b30-21+. The van der Waals surface area contributed by atoms with Crippen molar-refractivity contribution < 1.29 is 33.4 Å². The number of carbonyl (C=O) groups is 5. The van der Waals surface area contributed by atoms with Gasteiger partial charge in [0.15, 0.2) is 0 Å². The molecule has 1 atom stereocenters. The number of fused-ring (bicyclic) bond motifs is 1. The van der Waals surface area contributed by atoms with Crippen molar-refractivity contribution >= 4 is 92.8 Å². The van der Waals surface area contributed by atoms with Gasteiger partial charge < -0.3 is 30.3 Å². The Morgan fingerprint density at radius 1 is 0.964 bits per heavy atom. The number of rotatable bonds is 11. The zero-order chi connectivity index (χ0) is 39.9. The molecule has 0 saturated heterocycles. The van der Waals surface area contributed by atoms with E-state index >= 15 is 0 Å². The Kier molecular flexibility index (Phi) is 13.7. The summed E-state index contributed by atoms with van der Waals surface area (Å²) in [5, 5.41) is 8.80. The number of carbonyl (C=O) groups excluding carboxylic acids is 5. The molecular formula is C40H40Cl2N4O7S2. The summed E-state index contributed by atoms with van der Waals surface area (Å²) in [6.07, 6.45) is 1.80. The molecule has 3 N–H and O–H groups in total. The fraction of sp³-hybridized carbons (Fsp3) is 0.275. The van der Waals surface area contributed by atoms with Gasteiger partial charge in [0.05, 0.1) is 24.5 Å². The van der Waals surface area contributed by atoms with Crippen LogP contribution in [0.1, 0.15) is 70.8 Å². The number of hydrogen-bond acceptors (Lipinski definition) is 9. The van der Waals surface area contributed by atoms with Crippen LogP contribution in [-0.2, 0) is 32.0 Å². The van der Waals surface area contributed by atoms with E-state index in [0.29, 0.717) is 56.1 Å². The highest BCUT2D eigenvalue weighted by Gasteiger charge is 2.33. The lowest BCUT2D eigenvalue weighted by atomic mass is 10.0. The fourth-order valence-corrected chi connectivity index (χ4v) is 8.33. The van der Waals surface area contributed by atoms with Gasteiger partial charge in [-0.3, -0.25) is 14.4 Å². The van der Waals surface area contributed by atoms with Crippen molar-refractivity contribution in [3.05, 3.63) is 116 Å². The van der Waals surface area contributed by atoms with Crippen molar-refractivity contribution in [3.8, 4) is 0 Å². The fourth-order valence-electron chi connectivity index (χ4n) is 5.55. The van der Waals surface area contributed by atoms with Crippen LogP contribution in [-0.4, -0.2) is 59.2 Å². The number of halogens is 2. The average Bonchev–Trinajstić information content (AvgIpc) is 3.51. The third-order valence-electron chi connectivity index (χ3n) is 8.19. The first-order chi connectivity index (χ1) is 26.2. The van der Waals surface area contributed by atoms with Gasteiger partial charge in [-0.2, -0.15) is 0 Å². The maximum Gasteiger partial charge on any atom is 0.410 e. The monoisotopic (exact) mass is 822 g/mol. The molecule has 1 aliphatic heterocycles. The summed E-state index contributed by atoms with van der Waals surface area (Å²) < 4.78 is 10.6. The number of amides is 4. The second-order valence-electron chi connectivity index (χ2n) is 13.4. The molecule has 1 aliphatic rings. The summed E-state index contributed by atoms with van der Waals surface area (Å²) in [7, 11) is 1.28. The van der Waals surface area contributed by atoms with Gasteiger partial charge in [-0.1, -0.05) is 60.5 Å². The number of benzene rings is 3. The van der Waals surface area contributed by atoms with E-state index in [2.05, 4.69) is 16.0 Å². The predicted molar refractivity (Wildman–Crippen MR) is 218 cm³/mol. The van der Waals surface area contributed by atoms with Crippen LogP contribution in [0.3, 0.4) is 0 Å². The van der Waals surface area contributed by atoms with Crippen molar-refractivity contribution in [2.75, 3.05) is 24.3 Å². The normalized spacial score (nSPS) is 13.3. The molecule has 15 heteroatoms. The summed E-state index contributed by atoms with van der Waals surface area (Å²) >= 11 is 15.3. The van der Waals surface area contributed by atoms with Crippen LogP contribution in [0.2, 0.25) is 10.0 Å². The number of ether oxygens (including phenoxy) is 2. The molecule has 1 aromatic heterocycles. The Bertz CT molecular complexity index is 2110. The van der Waals surface area contributed by atoms with E-state index in [4.69, 9.17) is 32.7 Å². The van der Waals surface area contributed by atoms with E-state index in [0.717, 1.165) is 10.4 Å². The third-order valence-corrected chi connectivity index (χ3v) is 11.3. The lowest BCUT2D eigenvalue weighted by molar-refractivity contribution is -0.116. The van der Waals surface area contributed by atoms with Crippen LogP contribution in [0.5, 0.6) is 0 Å². The lowest BCUT2D eigenvalue weighted by Gasteiger charge is -2.30. The molecule has 0 bridgehead atoms. The Hall–Kier alpha value is -4.82. The van der Waals surface area contributed by atoms with Crippen LogP contribution >= 0.6 is 46.3 Å². The number of anilines is 2. The number of thioether (sulfide) groups is 1. The van der Waals surface area contributed by atoms with E-state index in [-0.39, 0.29) is 23.7 Å². The Morgan fingerprint density at radius 2 is 1.65 bits per heavy atom. The first kappa shape index (κ1) is 41.3. The van der Waals surface area contributed by atoms with Gasteiger partial charge in [0.2, 0.25) is 5.91 Å². The molecule has 1 unspecified atom stereocenters. The molecule has 0 spiro atoms. The van der Waals surface area contributed by atoms with Gasteiger partial charge in [0, 0.05) is 43.2 Å². The predicted octanol–water partition coefficient (Wildman–Crippen LogP) is 9.05. The Balaban J connectivity index is 1.32. The highest BCUT2D eigenvalue weighted by molar-refractivity contribution is 8.00. The SMILES string of the molecule is CCC(Sc1cccc(NC(=O)/C(=C\c2c(Cl)cccc2Cl)NC(=O)c2ccccc2)c1)C(=O)Nc1sc2c(c1C(=O)OC)CCN(C(=O)OC(C)(C)C)C2. The lowest BCUT2D eigenvalue weighted by Crippen LogP contribution is -2.39. The summed E-state index contributed by atoms with van der Waals surface area (Å²) in [5.74, 6) is -2.05. The zero-order valence-corrected chi connectivity index (χ0v) is 33.9. The highest BCUT2D eigenvalue weighted by atomic mass is 35.5. The van der Waals surface area contributed by atoms with Crippen molar-refractivity contribution in [2.24, 2.45) is 0 Å². The molecule has 3 aromatic carbocycles. The van der Waals surface area contributed by atoms with Gasteiger partial charge in [-0.05, 0) is 87.7 Å². The maximum absolute atomic E-state index is 13.8. The topological polar surface area (TPSA) is 143 Å². The van der Waals surface area contributed by atoms with Crippen LogP contribution in [0.15, 0.2) is 83.4 Å². The van der Waals surface area contributed by atoms with Crippen LogP contribution in [0, 0.1) is 0 Å². The first-order valence-corrected chi connectivity index (χ1v) is 19.7. The number of thiophene rings is 1. The van der Waals surface area contributed by atoms with E-state index in [9.17, 15) is 24.0 Å². The summed E-state index contributed by atoms with van der Waals surface area (Å²) in [6.45, 7) is 7.84. The molecule has 0 fully saturated rings. The number of nitrogens with one attached hydrogen (secondary N) is 3. The summed E-state index contributed by atoms with van der Waals surface area (Å²) in [6, 6.07) is 20.3. The van der Waals surface area contributed by atoms with E-state index in [1.807, 2.05) is 13.0 Å². The van der Waals surface area contributed by atoms with Crippen molar-refractivity contribution in [1.29, 1.82) is 0 Å². The van der Waals surface area contributed by atoms with Gasteiger partial charge in [0.25, 0.3) is 11.8 Å². The van der Waals surface area contributed by atoms with Gasteiger partial charge in [-0.25, -0.2) is 9.59 Å².